The second kappa shape index (κ2) is 8.58. The standard InChI is InChI=1S/C25H22N6O2/c1-17(18-4-11-22(33-2)12-5-18)31-23(32)13-6-19-16-26-25(29-24(19)31)28-20-7-9-21(10-8-20)30-15-3-14-27-30/h3-17H,1-2H3,(H,26,28,29). The van der Waals surface area contributed by atoms with Crippen molar-refractivity contribution < 1.29 is 4.74 Å². The van der Waals surface area contributed by atoms with Crippen molar-refractivity contribution in [3.63, 3.8) is 0 Å². The summed E-state index contributed by atoms with van der Waals surface area (Å²) in [6.07, 6.45) is 5.35. The molecule has 3 aromatic heterocycles. The third-order valence-corrected chi connectivity index (χ3v) is 5.54. The van der Waals surface area contributed by atoms with Gasteiger partial charge >= 0.3 is 0 Å². The molecule has 2 aromatic carbocycles. The van der Waals surface area contributed by atoms with E-state index in [4.69, 9.17) is 4.74 Å². The smallest absolute Gasteiger partial charge is 0.252 e. The maximum atomic E-state index is 12.8. The van der Waals surface area contributed by atoms with Crippen LogP contribution in [0, 0.1) is 0 Å². The summed E-state index contributed by atoms with van der Waals surface area (Å²) >= 11 is 0. The number of nitrogens with zero attached hydrogens (tertiary/aromatic N) is 5. The number of benzene rings is 2. The van der Waals surface area contributed by atoms with Gasteiger partial charge in [-0.3, -0.25) is 9.36 Å². The van der Waals surface area contributed by atoms with Gasteiger partial charge in [0.2, 0.25) is 5.95 Å². The van der Waals surface area contributed by atoms with Crippen molar-refractivity contribution >= 4 is 22.7 Å². The Morgan fingerprint density at radius 1 is 1.00 bits per heavy atom. The number of fused-ring (bicyclic) bond motifs is 1. The van der Waals surface area contributed by atoms with Gasteiger partial charge in [-0.05, 0) is 61.0 Å². The molecule has 0 bridgehead atoms. The van der Waals surface area contributed by atoms with E-state index in [9.17, 15) is 4.79 Å². The Morgan fingerprint density at radius 3 is 2.48 bits per heavy atom. The first kappa shape index (κ1) is 20.4. The number of hydrogen-bond donors (Lipinski definition) is 1. The summed E-state index contributed by atoms with van der Waals surface area (Å²) in [5.74, 6) is 1.18. The Balaban J connectivity index is 1.48. The molecule has 0 amide bonds. The van der Waals surface area contributed by atoms with E-state index in [0.29, 0.717) is 11.6 Å². The Hall–Kier alpha value is -4.46. The van der Waals surface area contributed by atoms with Crippen molar-refractivity contribution in [3.05, 3.63) is 101 Å². The van der Waals surface area contributed by atoms with Gasteiger partial charge in [-0.1, -0.05) is 12.1 Å². The molecule has 0 aliphatic carbocycles. The van der Waals surface area contributed by atoms with E-state index in [1.54, 1.807) is 40.9 Å². The predicted molar refractivity (Wildman–Crippen MR) is 127 cm³/mol. The van der Waals surface area contributed by atoms with E-state index in [0.717, 1.165) is 28.1 Å². The number of anilines is 2. The summed E-state index contributed by atoms with van der Waals surface area (Å²) in [6, 6.07) is 20.4. The lowest BCUT2D eigenvalue weighted by atomic mass is 10.1. The quantitative estimate of drug-likeness (QED) is 0.424. The number of hydrogen-bond acceptors (Lipinski definition) is 6. The minimum atomic E-state index is -0.219. The van der Waals surface area contributed by atoms with Crippen LogP contribution in [-0.2, 0) is 0 Å². The van der Waals surface area contributed by atoms with Crippen LogP contribution in [0.1, 0.15) is 18.5 Å². The van der Waals surface area contributed by atoms with E-state index >= 15 is 0 Å². The van der Waals surface area contributed by atoms with Crippen LogP contribution >= 0.6 is 0 Å². The molecule has 1 N–H and O–H groups in total. The Morgan fingerprint density at radius 2 is 1.79 bits per heavy atom. The van der Waals surface area contributed by atoms with Crippen molar-refractivity contribution in [2.24, 2.45) is 0 Å². The number of aromatic nitrogens is 5. The summed E-state index contributed by atoms with van der Waals surface area (Å²) in [6.45, 7) is 1.98. The minimum Gasteiger partial charge on any atom is -0.497 e. The average Bonchev–Trinajstić information content (AvgIpc) is 3.39. The minimum absolute atomic E-state index is 0.126. The molecule has 0 fully saturated rings. The second-order valence-electron chi connectivity index (χ2n) is 7.59. The molecular weight excluding hydrogens is 416 g/mol. The van der Waals surface area contributed by atoms with Gasteiger partial charge < -0.3 is 10.1 Å². The fraction of sp³-hybridized carbons (Fsp3) is 0.120. The monoisotopic (exact) mass is 438 g/mol. The molecule has 0 radical (unpaired) electrons. The molecule has 0 saturated carbocycles. The lowest BCUT2D eigenvalue weighted by molar-refractivity contribution is 0.414. The van der Waals surface area contributed by atoms with E-state index in [2.05, 4.69) is 20.4 Å². The number of rotatable bonds is 6. The molecule has 5 rings (SSSR count). The zero-order chi connectivity index (χ0) is 22.8. The van der Waals surface area contributed by atoms with Gasteiger partial charge in [0.05, 0.1) is 18.8 Å². The van der Waals surface area contributed by atoms with Gasteiger partial charge in [-0.25, -0.2) is 9.67 Å². The highest BCUT2D eigenvalue weighted by molar-refractivity contribution is 5.76. The highest BCUT2D eigenvalue weighted by atomic mass is 16.5. The average molecular weight is 438 g/mol. The van der Waals surface area contributed by atoms with Crippen molar-refractivity contribution in [2.45, 2.75) is 13.0 Å². The molecule has 33 heavy (non-hydrogen) atoms. The summed E-state index contributed by atoms with van der Waals surface area (Å²) < 4.78 is 8.72. The highest BCUT2D eigenvalue weighted by Gasteiger charge is 2.15. The SMILES string of the molecule is COc1ccc(C(C)n2c(=O)ccc3cnc(Nc4ccc(-n5cccn5)cc4)nc32)cc1. The summed E-state index contributed by atoms with van der Waals surface area (Å²) in [4.78, 5) is 22.0. The first-order valence-corrected chi connectivity index (χ1v) is 10.5. The first-order chi connectivity index (χ1) is 16.1. The van der Waals surface area contributed by atoms with Gasteiger partial charge in [0.25, 0.3) is 5.56 Å². The van der Waals surface area contributed by atoms with Crippen LogP contribution in [0.25, 0.3) is 16.7 Å². The van der Waals surface area contributed by atoms with Gasteiger partial charge in [0.15, 0.2) is 0 Å². The van der Waals surface area contributed by atoms with Gasteiger partial charge in [-0.2, -0.15) is 10.1 Å². The molecule has 0 spiro atoms. The van der Waals surface area contributed by atoms with E-state index in [1.807, 2.05) is 67.7 Å². The van der Waals surface area contributed by atoms with Crippen LogP contribution in [0.2, 0.25) is 0 Å². The summed E-state index contributed by atoms with van der Waals surface area (Å²) in [5, 5.41) is 8.25. The Bertz CT molecular complexity index is 1440. The molecule has 0 aliphatic heterocycles. The van der Waals surface area contributed by atoms with Crippen LogP contribution in [-0.4, -0.2) is 31.4 Å². The van der Waals surface area contributed by atoms with Crippen LogP contribution < -0.4 is 15.6 Å². The number of ether oxygens (including phenoxy) is 1. The largest absolute Gasteiger partial charge is 0.497 e. The first-order valence-electron chi connectivity index (χ1n) is 10.5. The van der Waals surface area contributed by atoms with Gasteiger partial charge in [0, 0.05) is 35.7 Å². The third-order valence-electron chi connectivity index (χ3n) is 5.54. The fourth-order valence-corrected chi connectivity index (χ4v) is 3.75. The number of methoxy groups -OCH3 is 1. The molecule has 1 unspecified atom stereocenters. The van der Waals surface area contributed by atoms with Crippen LogP contribution in [0.4, 0.5) is 11.6 Å². The number of nitrogens with one attached hydrogen (secondary N) is 1. The maximum absolute atomic E-state index is 12.8. The van der Waals surface area contributed by atoms with E-state index in [-0.39, 0.29) is 11.6 Å². The zero-order valence-electron chi connectivity index (χ0n) is 18.2. The number of pyridine rings is 1. The molecule has 8 heteroatoms. The van der Waals surface area contributed by atoms with Crippen LogP contribution in [0.5, 0.6) is 5.75 Å². The normalized spacial score (nSPS) is 11.9. The molecule has 5 aromatic rings. The van der Waals surface area contributed by atoms with Crippen molar-refractivity contribution in [3.8, 4) is 11.4 Å². The molecule has 0 aliphatic rings. The highest BCUT2D eigenvalue weighted by Crippen LogP contribution is 2.24. The molecule has 0 saturated heterocycles. The van der Waals surface area contributed by atoms with Crippen molar-refractivity contribution in [1.29, 1.82) is 0 Å². The second-order valence-corrected chi connectivity index (χ2v) is 7.59. The van der Waals surface area contributed by atoms with Crippen molar-refractivity contribution in [2.75, 3.05) is 12.4 Å². The van der Waals surface area contributed by atoms with E-state index < -0.39 is 0 Å². The summed E-state index contributed by atoms with van der Waals surface area (Å²) in [7, 11) is 1.63. The summed E-state index contributed by atoms with van der Waals surface area (Å²) in [5.41, 5.74) is 3.20. The maximum Gasteiger partial charge on any atom is 0.252 e. The van der Waals surface area contributed by atoms with Crippen LogP contribution in [0.3, 0.4) is 0 Å². The molecule has 8 nitrogen and oxygen atoms in total. The van der Waals surface area contributed by atoms with Gasteiger partial charge in [0.1, 0.15) is 11.4 Å². The topological polar surface area (TPSA) is 86.9 Å². The predicted octanol–water partition coefficient (Wildman–Crippen LogP) is 4.34. The molecule has 164 valence electrons. The van der Waals surface area contributed by atoms with E-state index in [1.165, 1.54) is 0 Å². The lowest BCUT2D eigenvalue weighted by Gasteiger charge is -2.18. The van der Waals surface area contributed by atoms with Crippen LogP contribution in [0.15, 0.2) is 90.1 Å². The molecule has 3 heterocycles. The molecular formula is C25H22N6O2. The van der Waals surface area contributed by atoms with Crippen molar-refractivity contribution in [1.82, 2.24) is 24.3 Å². The third kappa shape index (κ3) is 4.06. The molecule has 1 atom stereocenters. The Kier molecular flexibility index (Phi) is 5.32. The zero-order valence-corrected chi connectivity index (χ0v) is 18.2. The lowest BCUT2D eigenvalue weighted by Crippen LogP contribution is -2.24. The Labute approximate surface area is 190 Å². The van der Waals surface area contributed by atoms with Gasteiger partial charge in [-0.15, -0.1) is 0 Å². The fourth-order valence-electron chi connectivity index (χ4n) is 3.75.